The summed E-state index contributed by atoms with van der Waals surface area (Å²) >= 11 is 0. The number of carbonyl (C=O) groups excluding carboxylic acids is 1. The minimum absolute atomic E-state index is 0.00332. The highest BCUT2D eigenvalue weighted by atomic mass is 16.5. The van der Waals surface area contributed by atoms with Crippen molar-refractivity contribution in [1.82, 2.24) is 15.5 Å². The number of guanidine groups is 1. The molecule has 1 heterocycles. The van der Waals surface area contributed by atoms with Crippen molar-refractivity contribution in [3.8, 4) is 5.75 Å². The second kappa shape index (κ2) is 9.26. The summed E-state index contributed by atoms with van der Waals surface area (Å²) in [6, 6.07) is 18.3. The lowest BCUT2D eigenvalue weighted by atomic mass is 9.94. The highest BCUT2D eigenvalue weighted by Crippen LogP contribution is 2.35. The van der Waals surface area contributed by atoms with Gasteiger partial charge in [0.2, 0.25) is 5.91 Å². The number of hydrogen-bond acceptors (Lipinski definition) is 3. The number of carbonyl (C=O) groups is 1. The van der Waals surface area contributed by atoms with Crippen molar-refractivity contribution in [1.29, 1.82) is 0 Å². The second-order valence-electron chi connectivity index (χ2n) is 7.18. The van der Waals surface area contributed by atoms with E-state index in [9.17, 15) is 4.79 Å². The molecule has 2 aromatic carbocycles. The molecule has 0 spiro atoms. The lowest BCUT2D eigenvalue weighted by molar-refractivity contribution is -0.127. The van der Waals surface area contributed by atoms with Crippen LogP contribution in [0, 0.1) is 0 Å². The van der Waals surface area contributed by atoms with Gasteiger partial charge in [0.15, 0.2) is 5.96 Å². The van der Waals surface area contributed by atoms with Crippen LogP contribution in [0.3, 0.4) is 0 Å². The van der Waals surface area contributed by atoms with Gasteiger partial charge in [0, 0.05) is 31.6 Å². The molecule has 0 bridgehead atoms. The molecule has 1 aliphatic rings. The summed E-state index contributed by atoms with van der Waals surface area (Å²) in [6.45, 7) is 3.48. The number of nitrogens with zero attached hydrogens (tertiary/aromatic N) is 2. The molecule has 0 fully saturated rings. The van der Waals surface area contributed by atoms with Gasteiger partial charge in [-0.05, 0) is 18.6 Å². The number of amides is 1. The van der Waals surface area contributed by atoms with Crippen LogP contribution < -0.4 is 15.4 Å². The van der Waals surface area contributed by atoms with Crippen LogP contribution in [0.25, 0.3) is 0 Å². The van der Waals surface area contributed by atoms with Crippen LogP contribution >= 0.6 is 0 Å². The molecular formula is C22H28N4O2. The average Bonchev–Trinajstić information content (AvgIpc) is 3.14. The summed E-state index contributed by atoms with van der Waals surface area (Å²) in [5.41, 5.74) is 2.32. The van der Waals surface area contributed by atoms with Crippen LogP contribution in [-0.2, 0) is 11.3 Å². The molecule has 0 aromatic heterocycles. The van der Waals surface area contributed by atoms with Crippen LogP contribution in [0.1, 0.15) is 24.0 Å². The van der Waals surface area contributed by atoms with Gasteiger partial charge in [-0.1, -0.05) is 48.5 Å². The summed E-state index contributed by atoms with van der Waals surface area (Å²) in [4.78, 5) is 18.2. The van der Waals surface area contributed by atoms with E-state index >= 15 is 0 Å². The zero-order chi connectivity index (χ0) is 19.9. The Morgan fingerprint density at radius 1 is 1.18 bits per heavy atom. The Kier molecular flexibility index (Phi) is 6.53. The van der Waals surface area contributed by atoms with Crippen molar-refractivity contribution in [3.63, 3.8) is 0 Å². The Balaban J connectivity index is 1.70. The lowest BCUT2D eigenvalue weighted by Gasteiger charge is -2.23. The number of ether oxygens (including phenoxy) is 1. The van der Waals surface area contributed by atoms with Gasteiger partial charge >= 0.3 is 0 Å². The number of aliphatic imine (C=N–C) groups is 1. The van der Waals surface area contributed by atoms with Gasteiger partial charge in [0.05, 0.1) is 19.7 Å². The van der Waals surface area contributed by atoms with E-state index in [1.165, 1.54) is 5.56 Å². The number of nitrogens with one attached hydrogen (secondary N) is 2. The highest BCUT2D eigenvalue weighted by molar-refractivity contribution is 5.86. The van der Waals surface area contributed by atoms with Gasteiger partial charge in [-0.15, -0.1) is 0 Å². The largest absolute Gasteiger partial charge is 0.493 e. The minimum atomic E-state index is -0.00332. The first-order chi connectivity index (χ1) is 13.5. The molecule has 2 atom stereocenters. The summed E-state index contributed by atoms with van der Waals surface area (Å²) in [5, 5.41) is 6.61. The van der Waals surface area contributed by atoms with Crippen LogP contribution in [0.4, 0.5) is 0 Å². The summed E-state index contributed by atoms with van der Waals surface area (Å²) in [7, 11) is 3.49. The molecule has 1 aliphatic heterocycles. The second-order valence-corrected chi connectivity index (χ2v) is 7.18. The van der Waals surface area contributed by atoms with E-state index in [1.54, 1.807) is 19.0 Å². The molecular weight excluding hydrogens is 352 g/mol. The maximum atomic E-state index is 12.0. The third-order valence-corrected chi connectivity index (χ3v) is 4.87. The highest BCUT2D eigenvalue weighted by Gasteiger charge is 2.29. The Morgan fingerprint density at radius 2 is 1.89 bits per heavy atom. The minimum Gasteiger partial charge on any atom is -0.493 e. The maximum Gasteiger partial charge on any atom is 0.241 e. The Bertz CT molecular complexity index is 820. The smallest absolute Gasteiger partial charge is 0.241 e. The topological polar surface area (TPSA) is 66.0 Å². The number of hydrogen-bond donors (Lipinski definition) is 2. The molecule has 0 saturated carbocycles. The van der Waals surface area contributed by atoms with Crippen molar-refractivity contribution in [2.45, 2.75) is 25.4 Å². The molecule has 28 heavy (non-hydrogen) atoms. The molecule has 0 saturated heterocycles. The molecule has 6 nitrogen and oxygen atoms in total. The molecule has 2 N–H and O–H groups in total. The van der Waals surface area contributed by atoms with Gasteiger partial charge in [0.25, 0.3) is 0 Å². The number of para-hydroxylation sites is 1. The molecule has 2 aromatic rings. The quantitative estimate of drug-likeness (QED) is 0.597. The van der Waals surface area contributed by atoms with Crippen molar-refractivity contribution in [2.75, 3.05) is 27.2 Å². The predicted molar refractivity (Wildman–Crippen MR) is 112 cm³/mol. The molecule has 148 valence electrons. The number of benzene rings is 2. The average molecular weight is 380 g/mol. The molecule has 2 unspecified atom stereocenters. The first-order valence-corrected chi connectivity index (χ1v) is 9.55. The van der Waals surface area contributed by atoms with Gasteiger partial charge in [-0.25, -0.2) is 4.99 Å². The van der Waals surface area contributed by atoms with E-state index in [2.05, 4.69) is 28.6 Å². The third-order valence-electron chi connectivity index (χ3n) is 4.87. The van der Waals surface area contributed by atoms with E-state index in [1.807, 2.05) is 48.5 Å². The van der Waals surface area contributed by atoms with Crippen LogP contribution in [0.2, 0.25) is 0 Å². The predicted octanol–water partition coefficient (Wildman–Crippen LogP) is 2.37. The van der Waals surface area contributed by atoms with Crippen LogP contribution in [-0.4, -0.2) is 50.1 Å². The Morgan fingerprint density at radius 3 is 2.64 bits per heavy atom. The lowest BCUT2D eigenvalue weighted by Crippen LogP contribution is -2.47. The maximum absolute atomic E-state index is 12.0. The van der Waals surface area contributed by atoms with Crippen LogP contribution in [0.15, 0.2) is 59.6 Å². The fourth-order valence-corrected chi connectivity index (χ4v) is 3.14. The first-order valence-electron chi connectivity index (χ1n) is 9.55. The van der Waals surface area contributed by atoms with Gasteiger partial charge in [-0.2, -0.15) is 0 Å². The zero-order valence-electron chi connectivity index (χ0n) is 16.7. The van der Waals surface area contributed by atoms with E-state index in [-0.39, 0.29) is 24.4 Å². The van der Waals surface area contributed by atoms with E-state index < -0.39 is 0 Å². The van der Waals surface area contributed by atoms with Crippen molar-refractivity contribution in [2.24, 2.45) is 4.99 Å². The molecule has 3 rings (SSSR count). The van der Waals surface area contributed by atoms with Gasteiger partial charge in [0.1, 0.15) is 5.75 Å². The molecule has 1 amide bonds. The van der Waals surface area contributed by atoms with Crippen molar-refractivity contribution < 1.29 is 9.53 Å². The van der Waals surface area contributed by atoms with Gasteiger partial charge in [-0.3, -0.25) is 4.79 Å². The number of fused-ring (bicyclic) bond motifs is 1. The Labute approximate surface area is 166 Å². The fourth-order valence-electron chi connectivity index (χ4n) is 3.14. The standard InChI is InChI=1S/C22H28N4O2/c1-16(19-15-28-20-12-8-7-11-18(19)20)25-22(24-14-21(27)26(2)3)23-13-17-9-5-4-6-10-17/h4-12,16,19H,13-15H2,1-3H3,(H2,23,24,25). The fraction of sp³-hybridized carbons (Fsp3) is 0.364. The Hall–Kier alpha value is -3.02. The van der Waals surface area contributed by atoms with E-state index in [0.717, 1.165) is 11.3 Å². The number of rotatable bonds is 6. The van der Waals surface area contributed by atoms with E-state index in [4.69, 9.17) is 4.74 Å². The first kappa shape index (κ1) is 19.7. The summed E-state index contributed by atoms with van der Waals surface area (Å²) < 4.78 is 5.81. The number of likely N-dealkylation sites (N-methyl/N-ethyl adjacent to an activating group) is 1. The SMILES string of the molecule is CC(NC(=NCc1ccccc1)NCC(=O)N(C)C)C1COc2ccccc21. The van der Waals surface area contributed by atoms with Crippen molar-refractivity contribution in [3.05, 3.63) is 65.7 Å². The zero-order valence-corrected chi connectivity index (χ0v) is 16.7. The van der Waals surface area contributed by atoms with Gasteiger partial charge < -0.3 is 20.3 Å². The molecule has 0 radical (unpaired) electrons. The molecule has 0 aliphatic carbocycles. The molecule has 6 heteroatoms. The normalized spacial score (nSPS) is 16.7. The summed E-state index contributed by atoms with van der Waals surface area (Å²) in [5.74, 6) is 1.79. The third kappa shape index (κ3) is 5.03. The summed E-state index contributed by atoms with van der Waals surface area (Å²) in [6.07, 6.45) is 0. The van der Waals surface area contributed by atoms with Crippen LogP contribution in [0.5, 0.6) is 5.75 Å². The monoisotopic (exact) mass is 380 g/mol. The van der Waals surface area contributed by atoms with Crippen molar-refractivity contribution >= 4 is 11.9 Å². The van der Waals surface area contributed by atoms with E-state index in [0.29, 0.717) is 19.1 Å².